The van der Waals surface area contributed by atoms with E-state index in [4.69, 9.17) is 0 Å². The largest absolute Gasteiger partial charge is 0.573 e. The maximum absolute atomic E-state index is 13.8. The van der Waals surface area contributed by atoms with Crippen molar-refractivity contribution in [3.63, 3.8) is 0 Å². The summed E-state index contributed by atoms with van der Waals surface area (Å²) in [5.41, 5.74) is 7.00. The summed E-state index contributed by atoms with van der Waals surface area (Å²) in [4.78, 5) is 20.7. The van der Waals surface area contributed by atoms with Crippen LogP contribution in [0.25, 0.3) is 22.3 Å². The number of nitrogens with one attached hydrogen (secondary N) is 1. The smallest absolute Gasteiger partial charge is 0.406 e. The number of ether oxygens (including phenoxy) is 2. The highest BCUT2D eigenvalue weighted by Crippen LogP contribution is 2.30. The minimum absolute atomic E-state index is 0.00659. The summed E-state index contributed by atoms with van der Waals surface area (Å²) in [5, 5.41) is 3.49. The molecule has 0 aliphatic heterocycles. The van der Waals surface area contributed by atoms with E-state index in [9.17, 15) is 31.1 Å². The molecule has 0 heterocycles. The van der Waals surface area contributed by atoms with Crippen LogP contribution in [0.4, 0.5) is 26.3 Å². The minimum atomic E-state index is -4.74. The topological polar surface area (TPSA) is 57.3 Å². The predicted molar refractivity (Wildman–Crippen MR) is 286 cm³/mol. The molecule has 0 aliphatic carbocycles. The van der Waals surface area contributed by atoms with Gasteiger partial charge in [0.25, 0.3) is 5.91 Å². The summed E-state index contributed by atoms with van der Waals surface area (Å²) in [7, 11) is 0. The Labute approximate surface area is 432 Å². The third-order valence-corrected chi connectivity index (χ3v) is 12.6. The van der Waals surface area contributed by atoms with Crippen molar-refractivity contribution in [3.8, 4) is 33.8 Å². The van der Waals surface area contributed by atoms with E-state index in [1.54, 1.807) is 24.3 Å². The summed E-state index contributed by atoms with van der Waals surface area (Å²) < 4.78 is 83.4. The van der Waals surface area contributed by atoms with Crippen LogP contribution in [-0.4, -0.2) is 85.7 Å². The summed E-state index contributed by atoms with van der Waals surface area (Å²) >= 11 is 0. The van der Waals surface area contributed by atoms with E-state index in [2.05, 4.69) is 71.3 Å². The van der Waals surface area contributed by atoms with Gasteiger partial charge in [0.2, 0.25) is 0 Å². The molecule has 0 bridgehead atoms. The van der Waals surface area contributed by atoms with E-state index in [0.717, 1.165) is 113 Å². The normalized spacial score (nSPS) is 11.7. The molecule has 0 aliphatic rings. The standard InChI is InChI=1S/C36H47F3N2O2.C24H33F3N2O/c1-4-7-10-12-29-15-21-32(22-16-29)35(42)41(26-25-40(23-8-5-2)24-9-6-3)28-30-17-19-31(20-18-30)33-13-11-14-34(27-33)43-36(37,38)39;1-3-5-15-29(16-6-4-2)17-14-28-19-20-10-12-21(13-11-20)22-8-7-9-23(18-22)30-24(25,26)27/h11,13-22,27H,4-10,12,23-26,28H2,1-3H3;7-13,18,28H,3-6,14-17,19H2,1-2H3. The molecular formula is C60H80F6N4O3. The molecular weight excluding hydrogens is 939 g/mol. The fourth-order valence-corrected chi connectivity index (χ4v) is 8.34. The number of hydrogen-bond donors (Lipinski definition) is 1. The number of rotatable bonds is 31. The predicted octanol–water partition coefficient (Wildman–Crippen LogP) is 15.8. The van der Waals surface area contributed by atoms with Crippen molar-refractivity contribution in [2.24, 2.45) is 0 Å². The first kappa shape index (κ1) is 60.2. The van der Waals surface area contributed by atoms with Crippen molar-refractivity contribution >= 4 is 5.91 Å². The molecule has 0 saturated heterocycles. The maximum atomic E-state index is 13.8. The molecule has 0 radical (unpaired) electrons. The van der Waals surface area contributed by atoms with Gasteiger partial charge in [0, 0.05) is 44.8 Å². The van der Waals surface area contributed by atoms with Gasteiger partial charge >= 0.3 is 12.7 Å². The molecule has 0 unspecified atom stereocenters. The highest BCUT2D eigenvalue weighted by molar-refractivity contribution is 5.94. The number of carbonyl (C=O) groups excluding carboxylic acids is 1. The van der Waals surface area contributed by atoms with E-state index in [-0.39, 0.29) is 17.4 Å². The van der Waals surface area contributed by atoms with Gasteiger partial charge in [-0.05, 0) is 140 Å². The second-order valence-corrected chi connectivity index (χ2v) is 18.7. The fourth-order valence-electron chi connectivity index (χ4n) is 8.34. The Balaban J connectivity index is 0.000000338. The molecule has 0 fully saturated rings. The molecule has 73 heavy (non-hydrogen) atoms. The van der Waals surface area contributed by atoms with Gasteiger partial charge in [-0.25, -0.2) is 0 Å². The third-order valence-electron chi connectivity index (χ3n) is 12.6. The van der Waals surface area contributed by atoms with Crippen molar-refractivity contribution in [2.75, 3.05) is 52.4 Å². The molecule has 5 aromatic carbocycles. The fraction of sp³-hybridized carbons (Fsp3) is 0.483. The van der Waals surface area contributed by atoms with Crippen molar-refractivity contribution in [1.82, 2.24) is 20.0 Å². The Morgan fingerprint density at radius 2 is 0.904 bits per heavy atom. The van der Waals surface area contributed by atoms with Gasteiger partial charge in [0.1, 0.15) is 11.5 Å². The monoisotopic (exact) mass is 1020 g/mol. The molecule has 1 amide bonds. The van der Waals surface area contributed by atoms with Crippen molar-refractivity contribution in [2.45, 2.75) is 137 Å². The van der Waals surface area contributed by atoms with Crippen LogP contribution in [0.5, 0.6) is 11.5 Å². The number of unbranched alkanes of at least 4 members (excludes halogenated alkanes) is 6. The van der Waals surface area contributed by atoms with Gasteiger partial charge in [-0.3, -0.25) is 4.79 Å². The van der Waals surface area contributed by atoms with Crippen LogP contribution in [0.15, 0.2) is 121 Å². The molecule has 5 rings (SSSR count). The van der Waals surface area contributed by atoms with Crippen LogP contribution in [0.3, 0.4) is 0 Å². The zero-order valence-corrected chi connectivity index (χ0v) is 43.9. The van der Waals surface area contributed by atoms with E-state index in [0.29, 0.717) is 29.8 Å². The first-order chi connectivity index (χ1) is 35.1. The van der Waals surface area contributed by atoms with Gasteiger partial charge in [-0.15, -0.1) is 26.3 Å². The van der Waals surface area contributed by atoms with Crippen LogP contribution < -0.4 is 14.8 Å². The molecule has 0 aromatic heterocycles. The van der Waals surface area contributed by atoms with Gasteiger partial charge in [0.05, 0.1) is 0 Å². The zero-order valence-electron chi connectivity index (χ0n) is 43.9. The summed E-state index contributed by atoms with van der Waals surface area (Å²) in [6.45, 7) is 20.0. The van der Waals surface area contributed by atoms with Crippen molar-refractivity contribution in [3.05, 3.63) is 144 Å². The number of amides is 1. The summed E-state index contributed by atoms with van der Waals surface area (Å²) in [6.07, 6.45) is 4.56. The highest BCUT2D eigenvalue weighted by atomic mass is 19.4. The second-order valence-electron chi connectivity index (χ2n) is 18.7. The molecule has 0 spiro atoms. The average molecular weight is 1020 g/mol. The van der Waals surface area contributed by atoms with E-state index < -0.39 is 12.7 Å². The highest BCUT2D eigenvalue weighted by Gasteiger charge is 2.32. The number of benzene rings is 5. The first-order valence-corrected chi connectivity index (χ1v) is 26.6. The van der Waals surface area contributed by atoms with Crippen LogP contribution in [0, 0.1) is 0 Å². The average Bonchev–Trinajstić information content (AvgIpc) is 3.37. The quantitative estimate of drug-likeness (QED) is 0.0353. The summed E-state index contributed by atoms with van der Waals surface area (Å²) in [6, 6.07) is 35.6. The lowest BCUT2D eigenvalue weighted by molar-refractivity contribution is -0.275. The lowest BCUT2D eigenvalue weighted by Gasteiger charge is -2.28. The number of alkyl halides is 6. The van der Waals surface area contributed by atoms with Crippen LogP contribution in [0.2, 0.25) is 0 Å². The second kappa shape index (κ2) is 32.7. The Bertz CT molecular complexity index is 2250. The number of nitrogens with zero attached hydrogens (tertiary/aromatic N) is 3. The minimum Gasteiger partial charge on any atom is -0.406 e. The number of carbonyl (C=O) groups is 1. The van der Waals surface area contributed by atoms with Gasteiger partial charge in [0.15, 0.2) is 0 Å². The molecule has 7 nitrogen and oxygen atoms in total. The lowest BCUT2D eigenvalue weighted by atomic mass is 10.0. The van der Waals surface area contributed by atoms with Crippen molar-refractivity contribution in [1.29, 1.82) is 0 Å². The lowest BCUT2D eigenvalue weighted by Crippen LogP contribution is -2.39. The molecule has 0 saturated carbocycles. The maximum Gasteiger partial charge on any atom is 0.573 e. The third kappa shape index (κ3) is 24.0. The van der Waals surface area contributed by atoms with Gasteiger partial charge in [-0.2, -0.15) is 0 Å². The van der Waals surface area contributed by atoms with E-state index >= 15 is 0 Å². The first-order valence-electron chi connectivity index (χ1n) is 26.6. The van der Waals surface area contributed by atoms with Crippen LogP contribution >= 0.6 is 0 Å². The number of hydrogen-bond acceptors (Lipinski definition) is 6. The van der Waals surface area contributed by atoms with E-state index in [1.165, 1.54) is 68.4 Å². The molecule has 5 aromatic rings. The Hall–Kier alpha value is -5.37. The molecule has 400 valence electrons. The molecule has 13 heteroatoms. The molecule has 1 N–H and O–H groups in total. The van der Waals surface area contributed by atoms with Gasteiger partial charge < -0.3 is 29.5 Å². The van der Waals surface area contributed by atoms with Crippen LogP contribution in [0.1, 0.15) is 132 Å². The van der Waals surface area contributed by atoms with Crippen LogP contribution in [-0.2, 0) is 19.5 Å². The van der Waals surface area contributed by atoms with E-state index in [1.807, 2.05) is 65.6 Å². The zero-order chi connectivity index (χ0) is 52.9. The Morgan fingerprint density at radius 3 is 1.36 bits per heavy atom. The number of aryl methyl sites for hydroxylation is 1. The SMILES string of the molecule is CCCCCc1ccc(C(=O)N(CCN(CCCC)CCCC)Cc2ccc(-c3cccc(OC(F)(F)F)c3)cc2)cc1.CCCCN(CCCC)CCNCc1ccc(-c2cccc(OC(F)(F)F)c2)cc1. The molecule has 0 atom stereocenters. The Morgan fingerprint density at radius 1 is 0.466 bits per heavy atom. The summed E-state index contributed by atoms with van der Waals surface area (Å²) in [5.74, 6) is -0.452. The van der Waals surface area contributed by atoms with Gasteiger partial charge in [-0.1, -0.05) is 158 Å². The van der Waals surface area contributed by atoms with Crippen molar-refractivity contribution < 1.29 is 40.6 Å². The number of halogens is 6. The Kier molecular flexibility index (Phi) is 27.0.